The lowest BCUT2D eigenvalue weighted by Crippen LogP contribution is -2.06. The van der Waals surface area contributed by atoms with E-state index in [1.165, 1.54) is 11.8 Å². The Bertz CT molecular complexity index is 549. The first kappa shape index (κ1) is 11.4. The van der Waals surface area contributed by atoms with Crippen molar-refractivity contribution in [2.75, 3.05) is 6.26 Å². The van der Waals surface area contributed by atoms with Gasteiger partial charge in [0.15, 0.2) is 5.17 Å². The van der Waals surface area contributed by atoms with Gasteiger partial charge in [-0.15, -0.1) is 0 Å². The fourth-order valence-electron chi connectivity index (χ4n) is 1.29. The van der Waals surface area contributed by atoms with Crippen molar-refractivity contribution in [2.45, 2.75) is 0 Å². The summed E-state index contributed by atoms with van der Waals surface area (Å²) >= 11 is 1.52. The molecule has 0 spiro atoms. The normalized spacial score (nSPS) is 11.2. The minimum absolute atomic E-state index is 0.633. The van der Waals surface area contributed by atoms with Crippen LogP contribution in [-0.4, -0.2) is 21.2 Å². The third-order valence-electron chi connectivity index (χ3n) is 2.10. The summed E-state index contributed by atoms with van der Waals surface area (Å²) in [6.07, 6.45) is 5.51. The highest BCUT2D eigenvalue weighted by Crippen LogP contribution is 2.15. The number of aliphatic imine (C=N–C) groups is 1. The van der Waals surface area contributed by atoms with Crippen molar-refractivity contribution in [1.29, 1.82) is 5.26 Å². The molecule has 0 unspecified atom stereocenters. The maximum Gasteiger partial charge on any atom is 0.189 e. The number of hydrogen-bond donors (Lipinski definition) is 0. The van der Waals surface area contributed by atoms with Gasteiger partial charge < -0.3 is 0 Å². The molecule has 4 nitrogen and oxygen atoms in total. The Labute approximate surface area is 104 Å². The second kappa shape index (κ2) is 5.32. The standard InChI is InChI=1S/C12H10N4S/c1-17-12(16-8-2-7-14-16)15-11-5-3-10(9-13)4-6-11/h2-8H,1H3. The van der Waals surface area contributed by atoms with Crippen molar-refractivity contribution in [3.05, 3.63) is 48.3 Å². The van der Waals surface area contributed by atoms with Gasteiger partial charge >= 0.3 is 0 Å². The van der Waals surface area contributed by atoms with E-state index in [2.05, 4.69) is 16.2 Å². The van der Waals surface area contributed by atoms with Crippen molar-refractivity contribution in [3.8, 4) is 6.07 Å². The summed E-state index contributed by atoms with van der Waals surface area (Å²) in [5.74, 6) is 0. The molecule has 0 atom stereocenters. The van der Waals surface area contributed by atoms with E-state index in [1.807, 2.05) is 30.7 Å². The van der Waals surface area contributed by atoms with Crippen molar-refractivity contribution in [3.63, 3.8) is 0 Å². The monoisotopic (exact) mass is 242 g/mol. The maximum absolute atomic E-state index is 8.70. The Balaban J connectivity index is 2.30. The molecule has 84 valence electrons. The zero-order chi connectivity index (χ0) is 12.1. The summed E-state index contributed by atoms with van der Waals surface area (Å²) in [6, 6.07) is 11.1. The van der Waals surface area contributed by atoms with E-state index in [-0.39, 0.29) is 0 Å². The first-order chi connectivity index (χ1) is 8.33. The zero-order valence-corrected chi connectivity index (χ0v) is 10.1. The highest BCUT2D eigenvalue weighted by atomic mass is 32.2. The molecule has 5 heteroatoms. The number of rotatable bonds is 1. The first-order valence-corrected chi connectivity index (χ1v) is 6.19. The molecule has 0 N–H and O–H groups in total. The Hall–Kier alpha value is -2.06. The number of hydrogen-bond acceptors (Lipinski definition) is 4. The minimum atomic E-state index is 0.633. The summed E-state index contributed by atoms with van der Waals surface area (Å²) in [5, 5.41) is 13.6. The summed E-state index contributed by atoms with van der Waals surface area (Å²) in [6.45, 7) is 0. The third kappa shape index (κ3) is 2.74. The summed E-state index contributed by atoms with van der Waals surface area (Å²) in [5.41, 5.74) is 1.44. The number of nitriles is 1. The van der Waals surface area contributed by atoms with E-state index in [0.29, 0.717) is 5.56 Å². The summed E-state index contributed by atoms with van der Waals surface area (Å²) in [7, 11) is 0. The zero-order valence-electron chi connectivity index (χ0n) is 9.24. The molecule has 1 aromatic carbocycles. The van der Waals surface area contributed by atoms with Gasteiger partial charge in [0.25, 0.3) is 0 Å². The molecule has 0 saturated carbocycles. The summed E-state index contributed by atoms with van der Waals surface area (Å²) < 4.78 is 1.71. The molecule has 2 aromatic rings. The molecule has 0 bridgehead atoms. The van der Waals surface area contributed by atoms with Crippen LogP contribution in [-0.2, 0) is 0 Å². The molecule has 0 amide bonds. The predicted octanol–water partition coefficient (Wildman–Crippen LogP) is 2.65. The molecule has 0 saturated heterocycles. The van der Waals surface area contributed by atoms with Crippen LogP contribution in [0.5, 0.6) is 0 Å². The van der Waals surface area contributed by atoms with E-state index in [1.54, 1.807) is 23.0 Å². The van der Waals surface area contributed by atoms with Crippen molar-refractivity contribution in [1.82, 2.24) is 9.78 Å². The average molecular weight is 242 g/mol. The highest BCUT2D eigenvalue weighted by molar-refractivity contribution is 8.13. The van der Waals surface area contributed by atoms with Gasteiger partial charge in [-0.05, 0) is 36.6 Å². The van der Waals surface area contributed by atoms with Crippen molar-refractivity contribution < 1.29 is 0 Å². The second-order valence-electron chi connectivity index (χ2n) is 3.21. The molecule has 0 aliphatic heterocycles. The molecule has 0 aliphatic carbocycles. The Morgan fingerprint density at radius 2 is 2.18 bits per heavy atom. The van der Waals surface area contributed by atoms with E-state index >= 15 is 0 Å². The lowest BCUT2D eigenvalue weighted by atomic mass is 10.2. The molecule has 0 radical (unpaired) electrons. The Kier molecular flexibility index (Phi) is 3.58. The molecular weight excluding hydrogens is 232 g/mol. The van der Waals surface area contributed by atoms with Gasteiger partial charge in [-0.3, -0.25) is 0 Å². The van der Waals surface area contributed by atoms with Crippen molar-refractivity contribution >= 4 is 22.6 Å². The maximum atomic E-state index is 8.70. The molecule has 1 aromatic heterocycles. The van der Waals surface area contributed by atoms with Crippen LogP contribution in [0.15, 0.2) is 47.7 Å². The second-order valence-corrected chi connectivity index (χ2v) is 3.98. The molecule has 0 fully saturated rings. The lowest BCUT2D eigenvalue weighted by molar-refractivity contribution is 0.949. The van der Waals surface area contributed by atoms with E-state index in [9.17, 15) is 0 Å². The first-order valence-electron chi connectivity index (χ1n) is 4.96. The van der Waals surface area contributed by atoms with E-state index in [0.717, 1.165) is 10.9 Å². The van der Waals surface area contributed by atoms with Crippen LogP contribution in [0.3, 0.4) is 0 Å². The van der Waals surface area contributed by atoms with Crippen LogP contribution in [0.4, 0.5) is 5.69 Å². The van der Waals surface area contributed by atoms with Gasteiger partial charge in [0.1, 0.15) is 0 Å². The van der Waals surface area contributed by atoms with Gasteiger partial charge in [-0.1, -0.05) is 11.8 Å². The highest BCUT2D eigenvalue weighted by Gasteiger charge is 2.01. The average Bonchev–Trinajstić information content (AvgIpc) is 2.90. The minimum Gasteiger partial charge on any atom is -0.223 e. The number of nitrogens with zero attached hydrogens (tertiary/aromatic N) is 4. The Morgan fingerprint density at radius 1 is 1.41 bits per heavy atom. The SMILES string of the molecule is CSC(=Nc1ccc(C#N)cc1)n1cccn1. The largest absolute Gasteiger partial charge is 0.223 e. The quantitative estimate of drug-likeness (QED) is 0.570. The number of benzene rings is 1. The fraction of sp³-hybridized carbons (Fsp3) is 0.0833. The smallest absolute Gasteiger partial charge is 0.189 e. The number of thioether (sulfide) groups is 1. The van der Waals surface area contributed by atoms with Gasteiger partial charge in [0.2, 0.25) is 0 Å². The Morgan fingerprint density at radius 3 is 2.71 bits per heavy atom. The van der Waals surface area contributed by atoms with Crippen LogP contribution < -0.4 is 0 Å². The van der Waals surface area contributed by atoms with Gasteiger partial charge in [0, 0.05) is 12.4 Å². The van der Waals surface area contributed by atoms with Crippen molar-refractivity contribution in [2.24, 2.45) is 4.99 Å². The molecular formula is C12H10N4S. The molecule has 2 rings (SSSR count). The number of aromatic nitrogens is 2. The third-order valence-corrected chi connectivity index (χ3v) is 2.75. The van der Waals surface area contributed by atoms with Gasteiger partial charge in [-0.2, -0.15) is 10.4 Å². The van der Waals surface area contributed by atoms with Crippen LogP contribution in [0.2, 0.25) is 0 Å². The lowest BCUT2D eigenvalue weighted by Gasteiger charge is -2.02. The topological polar surface area (TPSA) is 54.0 Å². The van der Waals surface area contributed by atoms with Crippen LogP contribution in [0.25, 0.3) is 0 Å². The van der Waals surface area contributed by atoms with Crippen LogP contribution in [0, 0.1) is 11.3 Å². The van der Waals surface area contributed by atoms with E-state index in [4.69, 9.17) is 5.26 Å². The fourth-order valence-corrected chi connectivity index (χ4v) is 1.79. The van der Waals surface area contributed by atoms with E-state index < -0.39 is 0 Å². The van der Waals surface area contributed by atoms with Gasteiger partial charge in [0.05, 0.1) is 17.3 Å². The molecule has 0 aliphatic rings. The molecule has 17 heavy (non-hydrogen) atoms. The predicted molar refractivity (Wildman–Crippen MR) is 69.4 cm³/mol. The summed E-state index contributed by atoms with van der Waals surface area (Å²) in [4.78, 5) is 4.47. The molecule has 1 heterocycles. The van der Waals surface area contributed by atoms with Crippen LogP contribution >= 0.6 is 11.8 Å². The van der Waals surface area contributed by atoms with Crippen LogP contribution in [0.1, 0.15) is 5.56 Å². The van der Waals surface area contributed by atoms with Gasteiger partial charge in [-0.25, -0.2) is 9.67 Å².